The summed E-state index contributed by atoms with van der Waals surface area (Å²) < 4.78 is 1.86. The summed E-state index contributed by atoms with van der Waals surface area (Å²) in [4.78, 5) is 15.8. The van der Waals surface area contributed by atoms with Gasteiger partial charge >= 0.3 is 0 Å². The van der Waals surface area contributed by atoms with Crippen LogP contribution in [0.5, 0.6) is 0 Å². The largest absolute Gasteiger partial charge is 0.329 e. The summed E-state index contributed by atoms with van der Waals surface area (Å²) in [6, 6.07) is 3.80. The van der Waals surface area contributed by atoms with E-state index in [-0.39, 0.29) is 5.78 Å². The number of halogens is 2. The smallest absolute Gasteiger partial charge is 0.165 e. The molecule has 0 radical (unpaired) electrons. The van der Waals surface area contributed by atoms with Crippen LogP contribution >= 0.6 is 23.2 Å². The Balaban J connectivity index is 2.60. The zero-order valence-corrected chi connectivity index (χ0v) is 12.7. The van der Waals surface area contributed by atoms with Gasteiger partial charge in [0.15, 0.2) is 10.6 Å². The molecule has 1 heterocycles. The highest BCUT2D eigenvalue weighted by molar-refractivity contribution is 6.43. The van der Waals surface area contributed by atoms with Crippen molar-refractivity contribution in [3.8, 4) is 0 Å². The summed E-state index contributed by atoms with van der Waals surface area (Å²) in [5.74, 6) is 0.750. The van der Waals surface area contributed by atoms with Crippen LogP contribution in [0, 0.1) is 6.92 Å². The zero-order valence-electron chi connectivity index (χ0n) is 11.2. The number of aromatic nitrogens is 2. The number of rotatable bonds is 4. The Morgan fingerprint density at radius 2 is 2.11 bits per heavy atom. The van der Waals surface area contributed by atoms with Crippen molar-refractivity contribution in [3.63, 3.8) is 0 Å². The number of benzene rings is 1. The van der Waals surface area contributed by atoms with E-state index < -0.39 is 4.84 Å². The monoisotopic (exact) mass is 298 g/mol. The molecule has 0 spiro atoms. The molecule has 2 rings (SSSR count). The van der Waals surface area contributed by atoms with E-state index in [4.69, 9.17) is 23.2 Å². The van der Waals surface area contributed by atoms with Crippen molar-refractivity contribution in [1.82, 2.24) is 9.55 Å². The maximum atomic E-state index is 12.0. The van der Waals surface area contributed by atoms with Gasteiger partial charge in [0.05, 0.1) is 11.0 Å². The van der Waals surface area contributed by atoms with Crippen molar-refractivity contribution in [1.29, 1.82) is 0 Å². The Bertz CT molecular complexity index is 632. The second kappa shape index (κ2) is 5.51. The molecule has 0 saturated heterocycles. The van der Waals surface area contributed by atoms with Crippen molar-refractivity contribution < 1.29 is 4.79 Å². The van der Waals surface area contributed by atoms with Gasteiger partial charge in [-0.3, -0.25) is 4.79 Å². The fourth-order valence-electron chi connectivity index (χ4n) is 2.22. The van der Waals surface area contributed by atoms with E-state index in [0.717, 1.165) is 28.6 Å². The van der Waals surface area contributed by atoms with Gasteiger partial charge in [-0.1, -0.05) is 30.1 Å². The minimum atomic E-state index is -0.674. The van der Waals surface area contributed by atoms with Crippen LogP contribution in [0.3, 0.4) is 0 Å². The third-order valence-corrected chi connectivity index (χ3v) is 3.62. The lowest BCUT2D eigenvalue weighted by molar-refractivity contribution is 0.0981. The highest BCUT2D eigenvalue weighted by Gasteiger charge is 2.17. The minimum absolute atomic E-state index is 0.155. The third kappa shape index (κ3) is 2.63. The summed E-state index contributed by atoms with van der Waals surface area (Å²) in [6.07, 6.45) is 1.40. The number of aryl methyl sites for hydroxylation is 2. The first-order valence-corrected chi connectivity index (χ1v) is 7.11. The molecule has 1 aromatic heterocycles. The lowest BCUT2D eigenvalue weighted by Crippen LogP contribution is -2.01. The Kier molecular flexibility index (Phi) is 4.16. The molecule has 1 aromatic carbocycles. The predicted molar refractivity (Wildman–Crippen MR) is 79.1 cm³/mol. The minimum Gasteiger partial charge on any atom is -0.329 e. The van der Waals surface area contributed by atoms with Crippen molar-refractivity contribution in [3.05, 3.63) is 29.1 Å². The second-order valence-corrected chi connectivity index (χ2v) is 5.76. The number of nitrogens with zero attached hydrogens (tertiary/aromatic N) is 2. The zero-order chi connectivity index (χ0) is 14.2. The molecule has 0 bridgehead atoms. The fraction of sp³-hybridized carbons (Fsp3) is 0.429. The molecule has 0 aliphatic carbocycles. The third-order valence-electron chi connectivity index (χ3n) is 3.23. The van der Waals surface area contributed by atoms with Crippen LogP contribution in [0.4, 0.5) is 0 Å². The summed E-state index contributed by atoms with van der Waals surface area (Å²) in [5, 5.41) is 0. The lowest BCUT2D eigenvalue weighted by atomic mass is 10.0. The molecule has 0 unspecified atom stereocenters. The van der Waals surface area contributed by atoms with Crippen molar-refractivity contribution in [2.75, 3.05) is 0 Å². The molecular formula is C14H16Cl2N2O. The molecule has 0 N–H and O–H groups in total. The molecule has 2 aromatic rings. The van der Waals surface area contributed by atoms with E-state index in [2.05, 4.69) is 4.98 Å². The van der Waals surface area contributed by atoms with Crippen LogP contribution in [-0.4, -0.2) is 15.3 Å². The summed E-state index contributed by atoms with van der Waals surface area (Å²) in [5.41, 5.74) is 3.39. The molecule has 0 amide bonds. The van der Waals surface area contributed by atoms with Gasteiger partial charge in [-0.15, -0.1) is 0 Å². The molecule has 5 heteroatoms. The molecule has 3 nitrogen and oxygen atoms in total. The number of Topliss-reactive ketones (excluding diaryl/α,β-unsaturated/α-hetero) is 1. The number of carbonyl (C=O) groups is 1. The van der Waals surface area contributed by atoms with Crippen LogP contribution in [0.1, 0.15) is 46.3 Å². The van der Waals surface area contributed by atoms with Gasteiger partial charge in [0.2, 0.25) is 0 Å². The van der Waals surface area contributed by atoms with Gasteiger partial charge in [0, 0.05) is 19.0 Å². The van der Waals surface area contributed by atoms with Gasteiger partial charge < -0.3 is 4.57 Å². The van der Waals surface area contributed by atoms with Gasteiger partial charge in [-0.2, -0.15) is 0 Å². The Morgan fingerprint density at radius 3 is 2.68 bits per heavy atom. The molecule has 19 heavy (non-hydrogen) atoms. The number of hydrogen-bond acceptors (Lipinski definition) is 2. The lowest BCUT2D eigenvalue weighted by Gasteiger charge is -2.05. The van der Waals surface area contributed by atoms with Crippen LogP contribution in [0.2, 0.25) is 0 Å². The number of hydrogen-bond donors (Lipinski definition) is 0. The summed E-state index contributed by atoms with van der Waals surface area (Å²) in [7, 11) is 1.87. The molecule has 102 valence electrons. The van der Waals surface area contributed by atoms with E-state index >= 15 is 0 Å². The first kappa shape index (κ1) is 14.4. The van der Waals surface area contributed by atoms with Gasteiger partial charge in [0.1, 0.15) is 5.82 Å². The molecule has 0 aliphatic heterocycles. The molecule has 0 fully saturated rings. The fourth-order valence-corrected chi connectivity index (χ4v) is 2.61. The second-order valence-electron chi connectivity index (χ2n) is 4.66. The van der Waals surface area contributed by atoms with E-state index in [1.807, 2.05) is 37.6 Å². The maximum Gasteiger partial charge on any atom is 0.165 e. The summed E-state index contributed by atoms with van der Waals surface area (Å²) >= 11 is 11.8. The normalized spacial score (nSPS) is 11.5. The van der Waals surface area contributed by atoms with Crippen molar-refractivity contribution in [2.24, 2.45) is 7.05 Å². The summed E-state index contributed by atoms with van der Waals surface area (Å²) in [6.45, 7) is 3.93. The van der Waals surface area contributed by atoms with Gasteiger partial charge in [0.25, 0.3) is 0 Å². The van der Waals surface area contributed by atoms with Crippen LogP contribution < -0.4 is 0 Å². The van der Waals surface area contributed by atoms with Gasteiger partial charge in [-0.05, 0) is 31.0 Å². The average molecular weight is 299 g/mol. The van der Waals surface area contributed by atoms with Crippen LogP contribution in [-0.2, 0) is 7.05 Å². The van der Waals surface area contributed by atoms with E-state index in [1.54, 1.807) is 0 Å². The average Bonchev–Trinajstić information content (AvgIpc) is 2.66. The molecule has 0 aliphatic rings. The molecule has 0 saturated carbocycles. The van der Waals surface area contributed by atoms with Gasteiger partial charge in [-0.25, -0.2) is 4.98 Å². The Morgan fingerprint density at radius 1 is 1.42 bits per heavy atom. The standard InChI is InChI=1S/C14H16Cl2N2O/c1-4-5-12(19)9-7-10-11(6-8(9)2)18(3)14(17-10)13(15)16/h6-7,13H,4-5H2,1-3H3. The predicted octanol–water partition coefficient (Wildman–Crippen LogP) is 4.34. The first-order valence-electron chi connectivity index (χ1n) is 6.24. The number of ketones is 1. The first-order chi connectivity index (χ1) is 8.95. The van der Waals surface area contributed by atoms with Crippen molar-refractivity contribution >= 4 is 40.0 Å². The SMILES string of the molecule is CCCC(=O)c1cc2nc(C(Cl)Cl)n(C)c2cc1C. The van der Waals surface area contributed by atoms with Crippen molar-refractivity contribution in [2.45, 2.75) is 31.5 Å². The highest BCUT2D eigenvalue weighted by atomic mass is 35.5. The number of alkyl halides is 2. The molecular weight excluding hydrogens is 283 g/mol. The number of carbonyl (C=O) groups excluding carboxylic acids is 1. The highest BCUT2D eigenvalue weighted by Crippen LogP contribution is 2.28. The Hall–Kier alpha value is -1.06. The van der Waals surface area contributed by atoms with Crippen LogP contribution in [0.25, 0.3) is 11.0 Å². The van der Waals surface area contributed by atoms with E-state index in [1.165, 1.54) is 0 Å². The number of imidazole rings is 1. The maximum absolute atomic E-state index is 12.0. The van der Waals surface area contributed by atoms with Crippen LogP contribution in [0.15, 0.2) is 12.1 Å². The van der Waals surface area contributed by atoms with E-state index in [0.29, 0.717) is 12.2 Å². The Labute approximate surface area is 122 Å². The van der Waals surface area contributed by atoms with E-state index in [9.17, 15) is 4.79 Å². The molecule has 0 atom stereocenters. The quantitative estimate of drug-likeness (QED) is 0.621. The topological polar surface area (TPSA) is 34.9 Å². The number of fused-ring (bicyclic) bond motifs is 1.